The summed E-state index contributed by atoms with van der Waals surface area (Å²) in [5, 5.41) is 0. The van der Waals surface area contributed by atoms with E-state index in [4.69, 9.17) is 30.4 Å². The van der Waals surface area contributed by atoms with Gasteiger partial charge in [-0.2, -0.15) is 0 Å². The molecular weight excluding hydrogens is 452 g/mol. The lowest BCUT2D eigenvalue weighted by Crippen LogP contribution is -1.90. The van der Waals surface area contributed by atoms with Crippen molar-refractivity contribution < 1.29 is 18.9 Å². The first-order valence-electron chi connectivity index (χ1n) is 11.3. The van der Waals surface area contributed by atoms with E-state index in [9.17, 15) is 0 Å². The van der Waals surface area contributed by atoms with Crippen LogP contribution < -0.4 is 30.4 Å². The van der Waals surface area contributed by atoms with E-state index < -0.39 is 0 Å². The van der Waals surface area contributed by atoms with Gasteiger partial charge in [0.2, 0.25) is 0 Å². The van der Waals surface area contributed by atoms with Crippen LogP contribution in [0.2, 0.25) is 0 Å². The summed E-state index contributed by atoms with van der Waals surface area (Å²) in [5.41, 5.74) is 12.8. The maximum absolute atomic E-state index is 6.05. The fourth-order valence-corrected chi connectivity index (χ4v) is 3.42. The number of nitrogens with two attached hydrogens (primary N) is 2. The highest BCUT2D eigenvalue weighted by atomic mass is 16.5. The van der Waals surface area contributed by atoms with Crippen molar-refractivity contribution in [1.82, 2.24) is 0 Å². The van der Waals surface area contributed by atoms with E-state index in [1.54, 1.807) is 24.3 Å². The number of anilines is 2. The summed E-state index contributed by atoms with van der Waals surface area (Å²) < 4.78 is 23.9. The third kappa shape index (κ3) is 6.07. The summed E-state index contributed by atoms with van der Waals surface area (Å²) in [6.45, 7) is 0. The van der Waals surface area contributed by atoms with Crippen molar-refractivity contribution in [1.29, 1.82) is 0 Å². The van der Waals surface area contributed by atoms with Crippen LogP contribution in [0.5, 0.6) is 46.0 Å². The molecule has 0 aliphatic carbocycles. The lowest BCUT2D eigenvalue weighted by molar-refractivity contribution is 0.447. The Kier molecular flexibility index (Phi) is 6.58. The largest absolute Gasteiger partial charge is 0.457 e. The highest BCUT2D eigenvalue weighted by Crippen LogP contribution is 2.33. The van der Waals surface area contributed by atoms with Crippen molar-refractivity contribution in [3.8, 4) is 46.0 Å². The van der Waals surface area contributed by atoms with Crippen molar-refractivity contribution in [2.75, 3.05) is 11.5 Å². The van der Waals surface area contributed by atoms with Crippen molar-refractivity contribution in [2.45, 2.75) is 0 Å². The molecule has 0 aliphatic heterocycles. The molecule has 0 saturated carbocycles. The molecule has 178 valence electrons. The second-order valence-corrected chi connectivity index (χ2v) is 7.97. The molecular formula is C30H24N2O4. The molecule has 0 radical (unpaired) electrons. The van der Waals surface area contributed by atoms with Gasteiger partial charge in [0.25, 0.3) is 0 Å². The minimum Gasteiger partial charge on any atom is -0.457 e. The third-order valence-corrected chi connectivity index (χ3v) is 5.12. The van der Waals surface area contributed by atoms with Crippen molar-refractivity contribution in [3.63, 3.8) is 0 Å². The van der Waals surface area contributed by atoms with Crippen LogP contribution in [-0.2, 0) is 0 Å². The number of nitrogen functional groups attached to an aromatic ring is 2. The van der Waals surface area contributed by atoms with Crippen LogP contribution in [0.4, 0.5) is 11.4 Å². The van der Waals surface area contributed by atoms with E-state index in [-0.39, 0.29) is 0 Å². The molecule has 0 bridgehead atoms. The summed E-state index contributed by atoms with van der Waals surface area (Å²) in [6.07, 6.45) is 0. The number of hydrogen-bond acceptors (Lipinski definition) is 6. The SMILES string of the molecule is Nc1ccc(Oc2cccc(Oc3cccc(Oc4cccc(Oc5ccc(N)cc5)c4)c3)c2)cc1. The van der Waals surface area contributed by atoms with E-state index in [2.05, 4.69) is 0 Å². The standard InChI is InChI=1S/C30H24N2O4/c31-21-10-14-23(15-11-21)33-25-4-1-6-27(18-25)35-29-8-3-9-30(20-29)36-28-7-2-5-26(19-28)34-24-16-12-22(32)13-17-24/h1-20H,31-32H2. The van der Waals surface area contributed by atoms with Gasteiger partial charge < -0.3 is 30.4 Å². The van der Waals surface area contributed by atoms with Gasteiger partial charge in [0, 0.05) is 29.6 Å². The smallest absolute Gasteiger partial charge is 0.131 e. The first kappa shape index (κ1) is 22.7. The van der Waals surface area contributed by atoms with Crippen LogP contribution >= 0.6 is 0 Å². The molecule has 0 aromatic heterocycles. The number of hydrogen-bond donors (Lipinski definition) is 2. The summed E-state index contributed by atoms with van der Waals surface area (Å²) >= 11 is 0. The second-order valence-electron chi connectivity index (χ2n) is 7.97. The second kappa shape index (κ2) is 10.4. The van der Waals surface area contributed by atoms with Gasteiger partial charge in [-0.1, -0.05) is 18.2 Å². The lowest BCUT2D eigenvalue weighted by atomic mass is 10.3. The Bertz CT molecular complexity index is 1340. The molecule has 0 aliphatic rings. The lowest BCUT2D eigenvalue weighted by Gasteiger charge is -2.12. The van der Waals surface area contributed by atoms with E-state index in [0.717, 1.165) is 0 Å². The predicted octanol–water partition coefficient (Wildman–Crippen LogP) is 8.02. The zero-order valence-corrected chi connectivity index (χ0v) is 19.3. The molecule has 0 fully saturated rings. The van der Waals surface area contributed by atoms with Gasteiger partial charge in [0.1, 0.15) is 46.0 Å². The summed E-state index contributed by atoms with van der Waals surface area (Å²) in [5.74, 6) is 5.24. The summed E-state index contributed by atoms with van der Waals surface area (Å²) in [7, 11) is 0. The van der Waals surface area contributed by atoms with Crippen molar-refractivity contribution in [3.05, 3.63) is 121 Å². The Morgan fingerprint density at radius 1 is 0.306 bits per heavy atom. The summed E-state index contributed by atoms with van der Waals surface area (Å²) in [6, 6.07) is 36.7. The maximum Gasteiger partial charge on any atom is 0.131 e. The van der Waals surface area contributed by atoms with Crippen LogP contribution in [-0.4, -0.2) is 0 Å². The molecule has 5 rings (SSSR count). The normalized spacial score (nSPS) is 10.4. The Labute approximate surface area is 209 Å². The molecule has 0 saturated heterocycles. The van der Waals surface area contributed by atoms with Crippen LogP contribution in [0.15, 0.2) is 121 Å². The van der Waals surface area contributed by atoms with Gasteiger partial charge in [-0.25, -0.2) is 0 Å². The molecule has 36 heavy (non-hydrogen) atoms. The number of benzene rings is 5. The molecule has 6 heteroatoms. The molecule has 0 spiro atoms. The van der Waals surface area contributed by atoms with E-state index in [1.807, 2.05) is 97.1 Å². The van der Waals surface area contributed by atoms with Crippen LogP contribution in [0.25, 0.3) is 0 Å². The van der Waals surface area contributed by atoms with Gasteiger partial charge >= 0.3 is 0 Å². The minimum absolute atomic E-state index is 0.631. The molecule has 6 nitrogen and oxygen atoms in total. The third-order valence-electron chi connectivity index (χ3n) is 5.12. The highest BCUT2D eigenvalue weighted by Gasteiger charge is 2.06. The molecule has 0 atom stereocenters. The fraction of sp³-hybridized carbons (Fsp3) is 0. The molecule has 0 amide bonds. The Hall–Kier alpha value is -5.10. The number of rotatable bonds is 8. The predicted molar refractivity (Wildman–Crippen MR) is 141 cm³/mol. The maximum atomic E-state index is 6.05. The number of ether oxygens (including phenoxy) is 4. The average molecular weight is 477 g/mol. The van der Waals surface area contributed by atoms with Crippen LogP contribution in [0.3, 0.4) is 0 Å². The van der Waals surface area contributed by atoms with Gasteiger partial charge in [-0.15, -0.1) is 0 Å². The van der Waals surface area contributed by atoms with Gasteiger partial charge in [-0.3, -0.25) is 0 Å². The fourth-order valence-electron chi connectivity index (χ4n) is 3.42. The molecule has 0 unspecified atom stereocenters. The van der Waals surface area contributed by atoms with Gasteiger partial charge in [-0.05, 0) is 84.9 Å². The monoisotopic (exact) mass is 476 g/mol. The van der Waals surface area contributed by atoms with E-state index in [0.29, 0.717) is 57.4 Å². The first-order valence-corrected chi connectivity index (χ1v) is 11.3. The highest BCUT2D eigenvalue weighted by molar-refractivity contribution is 5.46. The van der Waals surface area contributed by atoms with E-state index >= 15 is 0 Å². The quantitative estimate of drug-likeness (QED) is 0.220. The van der Waals surface area contributed by atoms with Crippen LogP contribution in [0, 0.1) is 0 Å². The Morgan fingerprint density at radius 2 is 0.556 bits per heavy atom. The topological polar surface area (TPSA) is 89.0 Å². The van der Waals surface area contributed by atoms with Gasteiger partial charge in [0.05, 0.1) is 0 Å². The minimum atomic E-state index is 0.631. The molecule has 0 heterocycles. The zero-order valence-electron chi connectivity index (χ0n) is 19.3. The van der Waals surface area contributed by atoms with Crippen LogP contribution in [0.1, 0.15) is 0 Å². The summed E-state index contributed by atoms with van der Waals surface area (Å²) in [4.78, 5) is 0. The molecule has 5 aromatic rings. The molecule has 5 aromatic carbocycles. The van der Waals surface area contributed by atoms with E-state index in [1.165, 1.54) is 0 Å². The average Bonchev–Trinajstić information content (AvgIpc) is 2.88. The zero-order chi connectivity index (χ0) is 24.7. The van der Waals surface area contributed by atoms with Gasteiger partial charge in [0.15, 0.2) is 0 Å². The first-order chi connectivity index (χ1) is 17.6. The Balaban J connectivity index is 1.25. The Morgan fingerprint density at radius 3 is 0.833 bits per heavy atom. The van der Waals surface area contributed by atoms with Crippen molar-refractivity contribution >= 4 is 11.4 Å². The molecule has 4 N–H and O–H groups in total. The van der Waals surface area contributed by atoms with Crippen molar-refractivity contribution in [2.24, 2.45) is 0 Å².